The number of halogens is 2. The molecule has 0 amide bonds. The maximum atomic E-state index is 12.2. The van der Waals surface area contributed by atoms with Crippen LogP contribution in [0.4, 0.5) is 0 Å². The van der Waals surface area contributed by atoms with Gasteiger partial charge in [-0.2, -0.15) is 0 Å². The minimum absolute atomic E-state index is 0.0909. The van der Waals surface area contributed by atoms with E-state index < -0.39 is 5.97 Å². The molecule has 9 heteroatoms. The van der Waals surface area contributed by atoms with E-state index in [4.69, 9.17) is 42.4 Å². The first-order chi connectivity index (χ1) is 18.9. The third kappa shape index (κ3) is 8.11. The first-order valence-electron chi connectivity index (χ1n) is 11.6. The molecule has 0 saturated carbocycles. The van der Waals surface area contributed by atoms with Gasteiger partial charge in [-0.05, 0) is 42.8 Å². The molecule has 3 rings (SSSR count). The Morgan fingerprint density at radius 2 is 1.69 bits per heavy atom. The zero-order valence-corrected chi connectivity index (χ0v) is 23.3. The van der Waals surface area contributed by atoms with Crippen molar-refractivity contribution < 1.29 is 23.9 Å². The average Bonchev–Trinajstić information content (AvgIpc) is 2.94. The molecule has 0 aliphatic carbocycles. The number of carbonyl (C=O) groups excluding carboxylic acids is 1. The van der Waals surface area contributed by atoms with Crippen LogP contribution in [0.3, 0.4) is 0 Å². The number of carbonyl (C=O) groups is 1. The highest BCUT2D eigenvalue weighted by Gasteiger charge is 2.17. The molecule has 3 aromatic rings. The third-order valence-electron chi connectivity index (χ3n) is 5.33. The minimum Gasteiger partial charge on any atom is -0.503 e. The van der Waals surface area contributed by atoms with Crippen LogP contribution in [-0.4, -0.2) is 38.7 Å². The summed E-state index contributed by atoms with van der Waals surface area (Å²) in [4.78, 5) is 22.9. The highest BCUT2D eigenvalue weighted by Crippen LogP contribution is 2.22. The van der Waals surface area contributed by atoms with Gasteiger partial charge in [0.15, 0.2) is 0 Å². The van der Waals surface area contributed by atoms with Crippen molar-refractivity contribution in [3.05, 3.63) is 111 Å². The van der Waals surface area contributed by atoms with Crippen molar-refractivity contribution >= 4 is 46.2 Å². The number of nitrogens with zero attached hydrogens (tertiary/aromatic N) is 2. The van der Waals surface area contributed by atoms with Gasteiger partial charge in [-0.1, -0.05) is 81.8 Å². The van der Waals surface area contributed by atoms with Gasteiger partial charge in [0.25, 0.3) is 0 Å². The van der Waals surface area contributed by atoms with E-state index >= 15 is 0 Å². The fourth-order valence-electron chi connectivity index (χ4n) is 3.46. The van der Waals surface area contributed by atoms with Gasteiger partial charge in [0.05, 0.1) is 25.5 Å². The normalized spacial score (nSPS) is 11.8. The summed E-state index contributed by atoms with van der Waals surface area (Å²) >= 11 is 12.1. The highest BCUT2D eigenvalue weighted by molar-refractivity contribution is 6.47. The number of benzene rings is 3. The maximum absolute atomic E-state index is 12.2. The smallest absolute Gasteiger partial charge is 0.341 e. The van der Waals surface area contributed by atoms with Crippen molar-refractivity contribution in [2.24, 2.45) is 10.3 Å². The fourth-order valence-corrected chi connectivity index (χ4v) is 3.92. The summed E-state index contributed by atoms with van der Waals surface area (Å²) in [5.74, 6) is 5.61. The number of hydrogen-bond donors (Lipinski definition) is 0. The molecule has 0 heterocycles. The number of esters is 1. The molecule has 200 valence electrons. The van der Waals surface area contributed by atoms with E-state index in [-0.39, 0.29) is 12.2 Å². The van der Waals surface area contributed by atoms with E-state index in [9.17, 15) is 4.79 Å². The second-order valence-electron chi connectivity index (χ2n) is 7.94. The Morgan fingerprint density at radius 1 is 0.949 bits per heavy atom. The molecule has 3 aromatic carbocycles. The van der Waals surface area contributed by atoms with Crippen LogP contribution in [-0.2, 0) is 30.6 Å². The predicted octanol–water partition coefficient (Wildman–Crippen LogP) is 6.50. The largest absolute Gasteiger partial charge is 0.503 e. The molecule has 0 fully saturated rings. The lowest BCUT2D eigenvalue weighted by Gasteiger charge is -2.11. The van der Waals surface area contributed by atoms with Gasteiger partial charge in [0.1, 0.15) is 30.7 Å². The van der Waals surface area contributed by atoms with E-state index in [2.05, 4.69) is 22.2 Å². The van der Waals surface area contributed by atoms with Crippen LogP contribution in [0, 0.1) is 11.8 Å². The fraction of sp³-hybridized carbons (Fsp3) is 0.167. The van der Waals surface area contributed by atoms with E-state index in [1.165, 1.54) is 27.6 Å². The van der Waals surface area contributed by atoms with Gasteiger partial charge in [-0.3, -0.25) is 0 Å². The van der Waals surface area contributed by atoms with Crippen molar-refractivity contribution in [3.8, 4) is 11.8 Å². The second-order valence-corrected chi connectivity index (χ2v) is 8.78. The molecule has 0 spiro atoms. The first-order valence-corrected chi connectivity index (χ1v) is 12.4. The zero-order chi connectivity index (χ0) is 28.2. The van der Waals surface area contributed by atoms with Crippen LogP contribution in [0.2, 0.25) is 10.0 Å². The Morgan fingerprint density at radius 3 is 2.36 bits per heavy atom. The molecule has 0 aliphatic heterocycles. The van der Waals surface area contributed by atoms with E-state index in [0.717, 1.165) is 16.7 Å². The Labute approximate surface area is 237 Å². The SMILES string of the molecule is COC=C(C(=O)OC)c1ccccc1CO/N=C(C)/C(=N/OC)c1ccc(C#Cc2ccc(Cl)cc2Cl)cc1. The predicted molar refractivity (Wildman–Crippen MR) is 154 cm³/mol. The average molecular weight is 565 g/mol. The van der Waals surface area contributed by atoms with Gasteiger partial charge in [-0.15, -0.1) is 0 Å². The lowest BCUT2D eigenvalue weighted by molar-refractivity contribution is -0.133. The molecule has 0 aliphatic rings. The highest BCUT2D eigenvalue weighted by atomic mass is 35.5. The standard InChI is InChI=1S/C30H26Cl2N2O5/c1-20(33-39-18-24-7-5-6-8-26(24)27(19-36-2)30(35)37-3)29(34-38-4)23-13-10-21(11-14-23)9-12-22-15-16-25(31)17-28(22)32/h5-8,10-11,13-17,19H,18H2,1-4H3/b27-19?,33-20+,34-29-. The monoisotopic (exact) mass is 564 g/mol. The summed E-state index contributed by atoms with van der Waals surface area (Å²) < 4.78 is 9.94. The molecule has 0 atom stereocenters. The second kappa shape index (κ2) is 14.6. The Hall–Kier alpha value is -4.25. The van der Waals surface area contributed by atoms with Gasteiger partial charge in [-0.25, -0.2) is 4.79 Å². The minimum atomic E-state index is -0.525. The number of oxime groups is 2. The molecule has 0 bridgehead atoms. The summed E-state index contributed by atoms with van der Waals surface area (Å²) in [5.41, 5.74) is 4.80. The zero-order valence-electron chi connectivity index (χ0n) is 21.8. The Kier molecular flexibility index (Phi) is 11.0. The summed E-state index contributed by atoms with van der Waals surface area (Å²) in [6.45, 7) is 1.85. The van der Waals surface area contributed by atoms with Crippen molar-refractivity contribution in [2.75, 3.05) is 21.3 Å². The van der Waals surface area contributed by atoms with Crippen molar-refractivity contribution in [3.63, 3.8) is 0 Å². The molecule has 0 saturated heterocycles. The van der Waals surface area contributed by atoms with Gasteiger partial charge < -0.3 is 19.1 Å². The summed E-state index contributed by atoms with van der Waals surface area (Å²) in [6.07, 6.45) is 1.33. The summed E-state index contributed by atoms with van der Waals surface area (Å²) in [5, 5.41) is 9.39. The third-order valence-corrected chi connectivity index (χ3v) is 5.87. The van der Waals surface area contributed by atoms with Crippen LogP contribution < -0.4 is 0 Å². The van der Waals surface area contributed by atoms with Crippen LogP contribution in [0.15, 0.2) is 83.3 Å². The van der Waals surface area contributed by atoms with E-state index in [0.29, 0.717) is 32.6 Å². The molecule has 0 aromatic heterocycles. The van der Waals surface area contributed by atoms with Crippen LogP contribution in [0.5, 0.6) is 0 Å². The molecule has 0 N–H and O–H groups in total. The summed E-state index contributed by atoms with van der Waals surface area (Å²) in [7, 11) is 4.22. The molecular weight excluding hydrogens is 539 g/mol. The topological polar surface area (TPSA) is 78.7 Å². The quantitative estimate of drug-likeness (QED) is 0.0740. The lowest BCUT2D eigenvalue weighted by atomic mass is 10.0. The van der Waals surface area contributed by atoms with Crippen molar-refractivity contribution in [1.82, 2.24) is 0 Å². The van der Waals surface area contributed by atoms with E-state index in [1.54, 1.807) is 37.3 Å². The van der Waals surface area contributed by atoms with Gasteiger partial charge in [0, 0.05) is 27.3 Å². The van der Waals surface area contributed by atoms with E-state index in [1.807, 2.05) is 36.4 Å². The maximum Gasteiger partial charge on any atom is 0.341 e. The lowest BCUT2D eigenvalue weighted by Crippen LogP contribution is -2.13. The molecule has 0 radical (unpaired) electrons. The van der Waals surface area contributed by atoms with Crippen LogP contribution in [0.25, 0.3) is 5.57 Å². The molecular formula is C30H26Cl2N2O5. The number of hydrogen-bond acceptors (Lipinski definition) is 7. The van der Waals surface area contributed by atoms with Crippen molar-refractivity contribution in [1.29, 1.82) is 0 Å². The summed E-state index contributed by atoms with van der Waals surface area (Å²) in [6, 6.07) is 19.9. The molecule has 0 unspecified atom stereocenters. The van der Waals surface area contributed by atoms with Crippen molar-refractivity contribution in [2.45, 2.75) is 13.5 Å². The molecule has 39 heavy (non-hydrogen) atoms. The van der Waals surface area contributed by atoms with Gasteiger partial charge >= 0.3 is 5.97 Å². The number of rotatable bonds is 9. The molecule has 7 nitrogen and oxygen atoms in total. The Bertz CT molecular complexity index is 1470. The Balaban J connectivity index is 1.77. The number of ether oxygens (including phenoxy) is 2. The number of methoxy groups -OCH3 is 2. The van der Waals surface area contributed by atoms with Gasteiger partial charge in [0.2, 0.25) is 0 Å². The first kappa shape index (κ1) is 29.3. The van der Waals surface area contributed by atoms with Crippen LogP contribution in [0.1, 0.15) is 34.7 Å². The van der Waals surface area contributed by atoms with Crippen LogP contribution >= 0.6 is 23.2 Å².